The summed E-state index contributed by atoms with van der Waals surface area (Å²) in [6, 6.07) is 12.4. The first-order valence-corrected chi connectivity index (χ1v) is 13.6. The second kappa shape index (κ2) is 10.6. The number of hydrogen-bond donors (Lipinski definition) is 1. The second-order valence-corrected chi connectivity index (χ2v) is 11.0. The van der Waals surface area contributed by atoms with E-state index in [2.05, 4.69) is 20.2 Å². The molecular formula is C29H27FN4O3S. The van der Waals surface area contributed by atoms with Gasteiger partial charge in [-0.25, -0.2) is 4.39 Å². The number of amides is 1. The van der Waals surface area contributed by atoms with Crippen LogP contribution in [-0.2, 0) is 22.6 Å². The number of nitrogens with one attached hydrogen (secondary N) is 1. The summed E-state index contributed by atoms with van der Waals surface area (Å²) in [5, 5.41) is 2.84. The van der Waals surface area contributed by atoms with Crippen LogP contribution in [-0.4, -0.2) is 46.2 Å². The van der Waals surface area contributed by atoms with E-state index < -0.39 is 5.82 Å². The lowest BCUT2D eigenvalue weighted by Crippen LogP contribution is -2.47. The quantitative estimate of drug-likeness (QED) is 0.323. The van der Waals surface area contributed by atoms with Crippen LogP contribution in [0.15, 0.2) is 54.9 Å². The molecule has 2 aliphatic rings. The maximum Gasteiger partial charge on any atom is 0.234 e. The lowest BCUT2D eigenvalue weighted by molar-refractivity contribution is -0.124. The van der Waals surface area contributed by atoms with Gasteiger partial charge in [0.25, 0.3) is 0 Å². The zero-order valence-electron chi connectivity index (χ0n) is 20.8. The van der Waals surface area contributed by atoms with Crippen molar-refractivity contribution in [3.63, 3.8) is 0 Å². The number of carbonyl (C=O) groups is 2. The molecule has 9 heteroatoms. The van der Waals surface area contributed by atoms with Gasteiger partial charge in [0, 0.05) is 50.9 Å². The number of fused-ring (bicyclic) bond motifs is 1. The molecule has 38 heavy (non-hydrogen) atoms. The van der Waals surface area contributed by atoms with Crippen molar-refractivity contribution >= 4 is 33.2 Å². The molecule has 0 atom stereocenters. The number of pyridine rings is 2. The highest BCUT2D eigenvalue weighted by Crippen LogP contribution is 2.39. The van der Waals surface area contributed by atoms with Gasteiger partial charge in [0.15, 0.2) is 11.6 Å². The van der Waals surface area contributed by atoms with Gasteiger partial charge in [-0.2, -0.15) is 0 Å². The number of piperazine rings is 1. The Kier molecular flexibility index (Phi) is 6.86. The molecule has 0 bridgehead atoms. The van der Waals surface area contributed by atoms with E-state index in [1.54, 1.807) is 24.4 Å². The van der Waals surface area contributed by atoms with E-state index in [1.807, 2.05) is 24.4 Å². The van der Waals surface area contributed by atoms with Crippen molar-refractivity contribution in [1.29, 1.82) is 0 Å². The summed E-state index contributed by atoms with van der Waals surface area (Å²) in [7, 11) is 0. The van der Waals surface area contributed by atoms with E-state index in [0.717, 1.165) is 45.7 Å². The van der Waals surface area contributed by atoms with Gasteiger partial charge in [0.05, 0.1) is 27.3 Å². The summed E-state index contributed by atoms with van der Waals surface area (Å²) in [4.78, 5) is 35.9. The van der Waals surface area contributed by atoms with Crippen LogP contribution in [0.3, 0.4) is 0 Å². The zero-order chi connectivity index (χ0) is 26.1. The first-order chi connectivity index (χ1) is 18.5. The molecule has 1 aliphatic carbocycles. The van der Waals surface area contributed by atoms with Crippen LogP contribution in [0.25, 0.3) is 20.8 Å². The molecule has 0 radical (unpaired) electrons. The lowest BCUT2D eigenvalue weighted by Gasteiger charge is -2.26. The molecule has 2 fully saturated rings. The van der Waals surface area contributed by atoms with Crippen LogP contribution in [0.5, 0.6) is 11.5 Å². The maximum atomic E-state index is 14.9. The molecular weight excluding hydrogens is 503 g/mol. The van der Waals surface area contributed by atoms with Crippen molar-refractivity contribution in [3.05, 3.63) is 71.8 Å². The summed E-state index contributed by atoms with van der Waals surface area (Å²) < 4.78 is 21.6. The fourth-order valence-corrected chi connectivity index (χ4v) is 5.71. The van der Waals surface area contributed by atoms with Crippen molar-refractivity contribution in [2.45, 2.75) is 32.2 Å². The summed E-state index contributed by atoms with van der Waals surface area (Å²) in [5.41, 5.74) is 3.26. The largest absolute Gasteiger partial charge is 0.453 e. The molecule has 1 aliphatic heterocycles. The summed E-state index contributed by atoms with van der Waals surface area (Å²) >= 11 is 1.49. The van der Waals surface area contributed by atoms with Crippen LogP contribution in [0, 0.1) is 11.7 Å². The minimum Gasteiger partial charge on any atom is -0.453 e. The highest BCUT2D eigenvalue weighted by atomic mass is 32.1. The summed E-state index contributed by atoms with van der Waals surface area (Å²) in [6.45, 7) is 2.55. The maximum absolute atomic E-state index is 14.9. The number of ether oxygens (including phenoxy) is 1. The van der Waals surface area contributed by atoms with E-state index in [0.29, 0.717) is 43.3 Å². The summed E-state index contributed by atoms with van der Waals surface area (Å²) in [6.07, 6.45) is 6.56. The Labute approximate surface area is 223 Å². The second-order valence-electron chi connectivity index (χ2n) is 9.98. The van der Waals surface area contributed by atoms with Gasteiger partial charge in [0.2, 0.25) is 5.91 Å². The Balaban J connectivity index is 1.16. The SMILES string of the molecule is O=C(Cc1ccc(Oc2ccnc3cc(-c4ccc(CN5CCNC(=O)C5)cn4)sc23)c(F)c1)CC1CC1. The third-order valence-electron chi connectivity index (χ3n) is 6.81. The van der Waals surface area contributed by atoms with Crippen LogP contribution < -0.4 is 10.1 Å². The topological polar surface area (TPSA) is 84.4 Å². The molecule has 4 aromatic rings. The molecule has 1 N–H and O–H groups in total. The van der Waals surface area contributed by atoms with Crippen LogP contribution >= 0.6 is 11.3 Å². The third kappa shape index (κ3) is 5.74. The van der Waals surface area contributed by atoms with E-state index in [9.17, 15) is 14.0 Å². The number of nitrogens with zero attached hydrogens (tertiary/aromatic N) is 3. The van der Waals surface area contributed by atoms with Gasteiger partial charge in [-0.05, 0) is 54.2 Å². The molecule has 1 aromatic carbocycles. The Hall–Kier alpha value is -3.69. The zero-order valence-corrected chi connectivity index (χ0v) is 21.6. The smallest absolute Gasteiger partial charge is 0.234 e. The van der Waals surface area contributed by atoms with Crippen molar-refractivity contribution in [3.8, 4) is 22.1 Å². The predicted molar refractivity (Wildman–Crippen MR) is 144 cm³/mol. The Morgan fingerprint density at radius 2 is 1.97 bits per heavy atom. The molecule has 194 valence electrons. The van der Waals surface area contributed by atoms with Crippen molar-refractivity contribution in [1.82, 2.24) is 20.2 Å². The predicted octanol–water partition coefficient (Wildman–Crippen LogP) is 5.13. The molecule has 1 saturated heterocycles. The van der Waals surface area contributed by atoms with Crippen molar-refractivity contribution in [2.24, 2.45) is 5.92 Å². The number of ketones is 1. The van der Waals surface area contributed by atoms with Crippen LogP contribution in [0.2, 0.25) is 0 Å². The Morgan fingerprint density at radius 3 is 2.74 bits per heavy atom. The Morgan fingerprint density at radius 1 is 1.11 bits per heavy atom. The summed E-state index contributed by atoms with van der Waals surface area (Å²) in [5.74, 6) is 0.862. The van der Waals surface area contributed by atoms with Gasteiger partial charge in [-0.15, -0.1) is 11.3 Å². The first kappa shape index (κ1) is 24.6. The van der Waals surface area contributed by atoms with Gasteiger partial charge >= 0.3 is 0 Å². The van der Waals surface area contributed by atoms with Gasteiger partial charge in [-0.3, -0.25) is 24.5 Å². The number of thiophene rings is 1. The number of Topliss-reactive ketones (excluding diaryl/α,β-unsaturated/α-hetero) is 1. The molecule has 7 nitrogen and oxygen atoms in total. The van der Waals surface area contributed by atoms with Gasteiger partial charge in [-0.1, -0.05) is 12.1 Å². The molecule has 0 unspecified atom stereocenters. The fraction of sp³-hybridized carbons (Fsp3) is 0.310. The van der Waals surface area contributed by atoms with Crippen molar-refractivity contribution in [2.75, 3.05) is 19.6 Å². The number of benzene rings is 1. The molecule has 0 spiro atoms. The fourth-order valence-electron chi connectivity index (χ4n) is 4.67. The monoisotopic (exact) mass is 530 g/mol. The highest BCUT2D eigenvalue weighted by Gasteiger charge is 2.24. The highest BCUT2D eigenvalue weighted by molar-refractivity contribution is 7.22. The van der Waals surface area contributed by atoms with Crippen LogP contribution in [0.4, 0.5) is 4.39 Å². The number of rotatable bonds is 9. The minimum absolute atomic E-state index is 0.0476. The molecule has 4 heterocycles. The normalized spacial score (nSPS) is 16.0. The van der Waals surface area contributed by atoms with Gasteiger partial charge < -0.3 is 10.1 Å². The number of hydrogen-bond acceptors (Lipinski definition) is 7. The number of aromatic nitrogens is 2. The molecule has 3 aromatic heterocycles. The van der Waals surface area contributed by atoms with E-state index in [1.165, 1.54) is 17.4 Å². The minimum atomic E-state index is -0.494. The van der Waals surface area contributed by atoms with Crippen molar-refractivity contribution < 1.29 is 18.7 Å². The molecule has 1 saturated carbocycles. The van der Waals surface area contributed by atoms with E-state index in [4.69, 9.17) is 4.74 Å². The number of carbonyl (C=O) groups excluding carboxylic acids is 2. The van der Waals surface area contributed by atoms with E-state index >= 15 is 0 Å². The molecule has 6 rings (SSSR count). The standard InChI is InChI=1S/C29H27FN4O3S/c30-22-13-19(12-21(35)11-18-1-2-18)4-6-25(22)37-26-7-8-31-24-14-27(38-29(24)26)23-5-3-20(15-33-23)16-34-10-9-32-28(36)17-34/h3-8,13-15,18H,1-2,9-12,16-17H2,(H,32,36). The Bertz CT molecular complexity index is 1500. The molecule has 1 amide bonds. The van der Waals surface area contributed by atoms with Gasteiger partial charge in [0.1, 0.15) is 11.5 Å². The first-order valence-electron chi connectivity index (χ1n) is 12.8. The third-order valence-corrected chi connectivity index (χ3v) is 7.97. The average Bonchev–Trinajstić information content (AvgIpc) is 3.60. The van der Waals surface area contributed by atoms with E-state index in [-0.39, 0.29) is 23.9 Å². The number of halogens is 1. The average molecular weight is 531 g/mol. The van der Waals surface area contributed by atoms with Crippen LogP contribution in [0.1, 0.15) is 30.4 Å². The lowest BCUT2D eigenvalue weighted by atomic mass is 10.0.